The number of aryl methyl sites for hydroxylation is 1. The number of alkyl halides is 3. The topological polar surface area (TPSA) is 53.9 Å². The molecule has 140 valence electrons. The molecule has 10 heteroatoms. The van der Waals surface area contributed by atoms with E-state index < -0.39 is 17.6 Å². The van der Waals surface area contributed by atoms with Crippen LogP contribution in [0.3, 0.4) is 0 Å². The molecule has 26 heavy (non-hydrogen) atoms. The molecular formula is C16H16ClF4N5. The number of nitrogens with zero attached hydrogens (tertiary/aromatic N) is 4. The molecule has 5 nitrogen and oxygen atoms in total. The summed E-state index contributed by atoms with van der Waals surface area (Å²) in [6.07, 6.45) is -1.34. The molecule has 3 heterocycles. The number of hydrogen-bond donors (Lipinski definition) is 1. The molecule has 3 rings (SSSR count). The molecule has 0 amide bonds. The predicted molar refractivity (Wildman–Crippen MR) is 89.9 cm³/mol. The minimum atomic E-state index is -4.49. The third-order valence-corrected chi connectivity index (χ3v) is 4.45. The van der Waals surface area contributed by atoms with E-state index in [1.807, 2.05) is 0 Å². The Morgan fingerprint density at radius 1 is 1.31 bits per heavy atom. The highest BCUT2D eigenvalue weighted by Crippen LogP contribution is 2.34. The van der Waals surface area contributed by atoms with Crippen LogP contribution >= 0.6 is 11.6 Å². The molecule has 1 fully saturated rings. The van der Waals surface area contributed by atoms with Crippen LogP contribution in [0.25, 0.3) is 0 Å². The fraction of sp³-hybridized carbons (Fsp3) is 0.438. The van der Waals surface area contributed by atoms with Crippen LogP contribution in [0.2, 0.25) is 5.02 Å². The predicted octanol–water partition coefficient (Wildman–Crippen LogP) is 3.94. The summed E-state index contributed by atoms with van der Waals surface area (Å²) >= 11 is 5.98. The Hall–Kier alpha value is -2.16. The van der Waals surface area contributed by atoms with E-state index in [2.05, 4.69) is 20.3 Å². The molecule has 1 N–H and O–H groups in total. The van der Waals surface area contributed by atoms with Crippen LogP contribution in [0.1, 0.15) is 24.6 Å². The first-order valence-corrected chi connectivity index (χ1v) is 8.41. The number of aromatic nitrogens is 3. The number of rotatable bonds is 4. The van der Waals surface area contributed by atoms with Gasteiger partial charge in [-0.2, -0.15) is 13.2 Å². The highest BCUT2D eigenvalue weighted by atomic mass is 35.5. The summed E-state index contributed by atoms with van der Waals surface area (Å²) in [5.41, 5.74) is -0.569. The SMILES string of the molecule is CCc1ncnc(NC2CCN(c3ncc(C(F)(F)F)cc3Cl)C2)c1F. The minimum absolute atomic E-state index is 0.0676. The second-order valence-electron chi connectivity index (χ2n) is 5.94. The maximum Gasteiger partial charge on any atom is 0.417 e. The van der Waals surface area contributed by atoms with Crippen LogP contribution in [0.5, 0.6) is 0 Å². The van der Waals surface area contributed by atoms with Crippen LogP contribution in [-0.4, -0.2) is 34.1 Å². The Labute approximate surface area is 152 Å². The van der Waals surface area contributed by atoms with Crippen molar-refractivity contribution < 1.29 is 17.6 Å². The van der Waals surface area contributed by atoms with E-state index in [-0.39, 0.29) is 22.7 Å². The van der Waals surface area contributed by atoms with Gasteiger partial charge in [0.05, 0.1) is 16.3 Å². The van der Waals surface area contributed by atoms with Crippen LogP contribution < -0.4 is 10.2 Å². The van der Waals surface area contributed by atoms with E-state index in [4.69, 9.17) is 11.6 Å². The number of anilines is 2. The lowest BCUT2D eigenvalue weighted by Crippen LogP contribution is -2.27. The second kappa shape index (κ2) is 7.22. The van der Waals surface area contributed by atoms with Gasteiger partial charge in [0.2, 0.25) is 0 Å². The van der Waals surface area contributed by atoms with Crippen LogP contribution in [0.15, 0.2) is 18.6 Å². The highest BCUT2D eigenvalue weighted by molar-refractivity contribution is 6.33. The monoisotopic (exact) mass is 389 g/mol. The first-order valence-electron chi connectivity index (χ1n) is 8.03. The lowest BCUT2D eigenvalue weighted by atomic mass is 10.2. The molecule has 1 aliphatic heterocycles. The van der Waals surface area contributed by atoms with Gasteiger partial charge in [0.15, 0.2) is 11.6 Å². The van der Waals surface area contributed by atoms with Crippen molar-refractivity contribution in [1.82, 2.24) is 15.0 Å². The van der Waals surface area contributed by atoms with Gasteiger partial charge in [-0.1, -0.05) is 18.5 Å². The highest BCUT2D eigenvalue weighted by Gasteiger charge is 2.33. The van der Waals surface area contributed by atoms with Crippen molar-refractivity contribution in [3.63, 3.8) is 0 Å². The van der Waals surface area contributed by atoms with E-state index >= 15 is 0 Å². The van der Waals surface area contributed by atoms with Crippen LogP contribution in [-0.2, 0) is 12.6 Å². The van der Waals surface area contributed by atoms with Gasteiger partial charge in [-0.15, -0.1) is 0 Å². The first-order chi connectivity index (χ1) is 12.3. The van der Waals surface area contributed by atoms with Gasteiger partial charge >= 0.3 is 6.18 Å². The largest absolute Gasteiger partial charge is 0.417 e. The Morgan fingerprint density at radius 3 is 2.73 bits per heavy atom. The lowest BCUT2D eigenvalue weighted by Gasteiger charge is -2.20. The molecule has 1 saturated heterocycles. The standard InChI is InChI=1S/C16H16ClF4N5/c1-2-12-13(18)14(24-8-23-12)25-10-3-4-26(7-10)15-11(17)5-9(6-22-15)16(19,20)21/h5-6,8,10H,2-4,7H2,1H3,(H,23,24,25). The molecule has 0 aromatic carbocycles. The van der Waals surface area contributed by atoms with Gasteiger partial charge in [0, 0.05) is 25.3 Å². The third-order valence-electron chi connectivity index (χ3n) is 4.17. The fourth-order valence-electron chi connectivity index (χ4n) is 2.84. The minimum Gasteiger partial charge on any atom is -0.363 e. The van der Waals surface area contributed by atoms with Crippen molar-refractivity contribution in [2.75, 3.05) is 23.3 Å². The summed E-state index contributed by atoms with van der Waals surface area (Å²) in [6, 6.07) is 0.728. The van der Waals surface area contributed by atoms with Gasteiger partial charge in [0.25, 0.3) is 0 Å². The summed E-state index contributed by atoms with van der Waals surface area (Å²) < 4.78 is 52.4. The van der Waals surface area contributed by atoms with Gasteiger partial charge in [0.1, 0.15) is 12.1 Å². The van der Waals surface area contributed by atoms with Gasteiger partial charge in [-0.25, -0.2) is 19.3 Å². The van der Waals surface area contributed by atoms with Crippen molar-refractivity contribution in [3.05, 3.63) is 40.7 Å². The third kappa shape index (κ3) is 3.82. The number of pyridine rings is 1. The second-order valence-corrected chi connectivity index (χ2v) is 6.35. The summed E-state index contributed by atoms with van der Waals surface area (Å²) in [7, 11) is 0. The molecule has 2 aromatic heterocycles. The maximum absolute atomic E-state index is 14.2. The molecular weight excluding hydrogens is 374 g/mol. The summed E-state index contributed by atoms with van der Waals surface area (Å²) in [5, 5.41) is 2.95. The van der Waals surface area contributed by atoms with Crippen molar-refractivity contribution in [2.24, 2.45) is 0 Å². The Bertz CT molecular complexity index is 799. The van der Waals surface area contributed by atoms with Crippen molar-refractivity contribution in [1.29, 1.82) is 0 Å². The zero-order valence-corrected chi connectivity index (χ0v) is 14.6. The van der Waals surface area contributed by atoms with Crippen LogP contribution in [0, 0.1) is 5.82 Å². The number of halogens is 5. The molecule has 0 bridgehead atoms. The molecule has 0 aliphatic carbocycles. The number of hydrogen-bond acceptors (Lipinski definition) is 5. The van der Waals surface area contributed by atoms with Gasteiger partial charge in [-0.3, -0.25) is 0 Å². The maximum atomic E-state index is 14.2. The van der Waals surface area contributed by atoms with Crippen molar-refractivity contribution in [2.45, 2.75) is 32.0 Å². The van der Waals surface area contributed by atoms with E-state index in [1.54, 1.807) is 11.8 Å². The average Bonchev–Trinajstić information content (AvgIpc) is 3.04. The van der Waals surface area contributed by atoms with Crippen molar-refractivity contribution in [3.8, 4) is 0 Å². The molecule has 2 aromatic rings. The molecule has 1 unspecified atom stereocenters. The Balaban J connectivity index is 1.71. The summed E-state index contributed by atoms with van der Waals surface area (Å²) in [5.74, 6) is -0.0873. The first kappa shape index (κ1) is 18.6. The van der Waals surface area contributed by atoms with Crippen molar-refractivity contribution >= 4 is 23.2 Å². The zero-order chi connectivity index (χ0) is 18.9. The van der Waals surface area contributed by atoms with E-state index in [0.29, 0.717) is 31.6 Å². The van der Waals surface area contributed by atoms with Gasteiger partial charge < -0.3 is 10.2 Å². The molecule has 1 aliphatic rings. The smallest absolute Gasteiger partial charge is 0.363 e. The Morgan fingerprint density at radius 2 is 2.08 bits per heavy atom. The molecule has 0 spiro atoms. The molecule has 0 radical (unpaired) electrons. The van der Waals surface area contributed by atoms with Gasteiger partial charge in [-0.05, 0) is 18.9 Å². The van der Waals surface area contributed by atoms with E-state index in [9.17, 15) is 17.6 Å². The summed E-state index contributed by atoms with van der Waals surface area (Å²) in [4.78, 5) is 13.4. The molecule has 1 atom stereocenters. The average molecular weight is 390 g/mol. The normalized spacial score (nSPS) is 17.6. The Kier molecular flexibility index (Phi) is 5.17. The van der Waals surface area contributed by atoms with E-state index in [1.165, 1.54) is 6.33 Å². The number of nitrogens with one attached hydrogen (secondary N) is 1. The quantitative estimate of drug-likeness (QED) is 0.803. The summed E-state index contributed by atoms with van der Waals surface area (Å²) in [6.45, 7) is 2.75. The fourth-order valence-corrected chi connectivity index (χ4v) is 3.12. The van der Waals surface area contributed by atoms with E-state index in [0.717, 1.165) is 12.3 Å². The lowest BCUT2D eigenvalue weighted by molar-refractivity contribution is -0.137. The van der Waals surface area contributed by atoms with Crippen LogP contribution in [0.4, 0.5) is 29.2 Å². The zero-order valence-electron chi connectivity index (χ0n) is 13.8. The molecule has 0 saturated carbocycles.